The Morgan fingerprint density at radius 2 is 2.25 bits per heavy atom. The van der Waals surface area contributed by atoms with Gasteiger partial charge < -0.3 is 21.9 Å². The third-order valence-corrected chi connectivity index (χ3v) is 3.85. The van der Waals surface area contributed by atoms with Crippen molar-refractivity contribution in [2.24, 2.45) is 16.5 Å². The molecule has 0 fully saturated rings. The summed E-state index contributed by atoms with van der Waals surface area (Å²) in [4.78, 5) is 3.83. The average Bonchev–Trinajstić information content (AvgIpc) is 2.54. The fourth-order valence-corrected chi connectivity index (χ4v) is 2.53. The van der Waals surface area contributed by atoms with Crippen molar-refractivity contribution < 1.29 is 5.11 Å². The third-order valence-electron chi connectivity index (χ3n) is 3.85. The van der Waals surface area contributed by atoms with Gasteiger partial charge in [-0.3, -0.25) is 10.3 Å². The molecule has 6 nitrogen and oxygen atoms in total. The van der Waals surface area contributed by atoms with Gasteiger partial charge in [-0.15, -0.1) is 0 Å². The Morgan fingerprint density at radius 3 is 2.88 bits per heavy atom. The van der Waals surface area contributed by atoms with Crippen LogP contribution < -0.4 is 22.1 Å². The maximum atomic E-state index is 9.54. The molecule has 0 radical (unpaired) electrons. The largest absolute Gasteiger partial charge is 0.402 e. The van der Waals surface area contributed by atoms with Crippen molar-refractivity contribution in [1.82, 2.24) is 10.6 Å². The van der Waals surface area contributed by atoms with Gasteiger partial charge in [-0.1, -0.05) is 18.7 Å². The van der Waals surface area contributed by atoms with E-state index in [1.165, 1.54) is 0 Å². The van der Waals surface area contributed by atoms with Crippen molar-refractivity contribution in [3.63, 3.8) is 0 Å². The first kappa shape index (κ1) is 19.9. The molecule has 6 heteroatoms. The molecule has 0 aromatic rings. The summed E-state index contributed by atoms with van der Waals surface area (Å²) in [5.74, 6) is 0. The van der Waals surface area contributed by atoms with Gasteiger partial charge in [-0.2, -0.15) is 0 Å². The molecule has 1 aliphatic carbocycles. The molecule has 0 bridgehead atoms. The molecule has 0 heterocycles. The Hall–Kier alpha value is -2.15. The number of hydrogen-bond acceptors (Lipinski definition) is 6. The van der Waals surface area contributed by atoms with Gasteiger partial charge in [0, 0.05) is 17.0 Å². The van der Waals surface area contributed by atoms with Crippen LogP contribution in [0.25, 0.3) is 0 Å². The minimum absolute atomic E-state index is 0.611. The summed E-state index contributed by atoms with van der Waals surface area (Å²) in [6, 6.07) is 0. The van der Waals surface area contributed by atoms with Gasteiger partial charge in [0.1, 0.15) is 0 Å². The summed E-state index contributed by atoms with van der Waals surface area (Å²) in [5.41, 5.74) is 14.4. The minimum Gasteiger partial charge on any atom is -0.402 e. The number of nitrogens with two attached hydrogens (primary N) is 2. The summed E-state index contributed by atoms with van der Waals surface area (Å²) in [6.45, 7) is 5.42. The van der Waals surface area contributed by atoms with Crippen LogP contribution in [0, 0.1) is 0 Å². The lowest BCUT2D eigenvalue weighted by molar-refractivity contribution is 0.234. The number of hydrogen-bond donors (Lipinski definition) is 5. The van der Waals surface area contributed by atoms with Gasteiger partial charge >= 0.3 is 0 Å². The van der Waals surface area contributed by atoms with Crippen LogP contribution >= 0.6 is 0 Å². The molecule has 2 unspecified atom stereocenters. The van der Waals surface area contributed by atoms with Crippen molar-refractivity contribution >= 4 is 6.21 Å². The van der Waals surface area contributed by atoms with Crippen molar-refractivity contribution in [2.75, 3.05) is 7.05 Å². The van der Waals surface area contributed by atoms with Crippen LogP contribution in [0.15, 0.2) is 65.1 Å². The number of rotatable bonds is 8. The van der Waals surface area contributed by atoms with E-state index in [0.29, 0.717) is 0 Å². The van der Waals surface area contributed by atoms with Crippen LogP contribution in [0.4, 0.5) is 0 Å². The molecular formula is C18H29N5O. The predicted octanol–water partition coefficient (Wildman–Crippen LogP) is 1.40. The highest BCUT2D eigenvalue weighted by atomic mass is 16.3. The van der Waals surface area contributed by atoms with Crippen LogP contribution in [0.2, 0.25) is 0 Å². The van der Waals surface area contributed by atoms with Crippen LogP contribution in [0.3, 0.4) is 0 Å². The molecule has 1 aliphatic rings. The number of nitrogens with one attached hydrogen (secondary N) is 2. The van der Waals surface area contributed by atoms with Crippen molar-refractivity contribution in [3.8, 4) is 0 Å². The molecule has 24 heavy (non-hydrogen) atoms. The highest BCUT2D eigenvalue weighted by Crippen LogP contribution is 2.28. The second-order valence-corrected chi connectivity index (χ2v) is 5.52. The van der Waals surface area contributed by atoms with Crippen LogP contribution in [0.1, 0.15) is 26.2 Å². The van der Waals surface area contributed by atoms with Crippen LogP contribution in [-0.2, 0) is 0 Å². The van der Waals surface area contributed by atoms with Crippen molar-refractivity contribution in [1.29, 1.82) is 0 Å². The van der Waals surface area contributed by atoms with Gasteiger partial charge in [-0.25, -0.2) is 0 Å². The zero-order valence-electron chi connectivity index (χ0n) is 14.5. The number of aliphatic imine (C=N–C) groups is 1. The minimum atomic E-state index is -0.849. The highest BCUT2D eigenvalue weighted by Gasteiger charge is 2.31. The summed E-state index contributed by atoms with van der Waals surface area (Å²) < 4.78 is 0. The van der Waals surface area contributed by atoms with E-state index < -0.39 is 11.9 Å². The molecule has 0 spiro atoms. The quantitative estimate of drug-likeness (QED) is 0.262. The van der Waals surface area contributed by atoms with E-state index in [1.807, 2.05) is 25.3 Å². The Balaban J connectivity index is 2.98. The van der Waals surface area contributed by atoms with E-state index in [9.17, 15) is 5.11 Å². The van der Waals surface area contributed by atoms with Crippen LogP contribution in [-0.4, -0.2) is 30.3 Å². The first-order chi connectivity index (χ1) is 11.5. The second kappa shape index (κ2) is 9.87. The Morgan fingerprint density at radius 1 is 1.50 bits per heavy atom. The first-order valence-electron chi connectivity index (χ1n) is 8.03. The lowest BCUT2D eigenvalue weighted by Gasteiger charge is -2.35. The normalized spacial score (nSPS) is 24.2. The maximum absolute atomic E-state index is 9.54. The number of likely N-dealkylation sites (N-methyl/N-ethyl adjacent to an activating group) is 1. The van der Waals surface area contributed by atoms with Gasteiger partial charge in [-0.05, 0) is 63.9 Å². The predicted molar refractivity (Wildman–Crippen MR) is 101 cm³/mol. The summed E-state index contributed by atoms with van der Waals surface area (Å²) >= 11 is 0. The van der Waals surface area contributed by atoms with E-state index in [2.05, 4.69) is 22.2 Å². The van der Waals surface area contributed by atoms with Gasteiger partial charge in [0.25, 0.3) is 0 Å². The van der Waals surface area contributed by atoms with E-state index >= 15 is 0 Å². The van der Waals surface area contributed by atoms with Crippen molar-refractivity contribution in [2.45, 2.75) is 38.1 Å². The zero-order valence-corrected chi connectivity index (χ0v) is 14.5. The Bertz CT molecular complexity index is 574. The van der Waals surface area contributed by atoms with Crippen LogP contribution in [0.5, 0.6) is 0 Å². The standard InChI is InChI=1S/C18H29N5O/c1-4-22-14(8-6-10-17(24)23-5-2)11-12-15-16(19)9-7-13-18(15,20)21-3/h4-6,8,10-12,17,21-22,24H,1,7,9,13,19-20H2,2-3H3/b10-6+,12-11+,14-8-,23-5?. The SMILES string of the molecule is C=CNC(=C\C=C\C(O)N=CC)/C=C/C1=C(N)CCCC1(N)NC. The number of aliphatic hydroxyl groups is 1. The number of nitrogens with zero attached hydrogens (tertiary/aromatic N) is 1. The van der Waals surface area contributed by atoms with Crippen molar-refractivity contribution in [3.05, 3.63) is 60.1 Å². The lowest BCUT2D eigenvalue weighted by atomic mass is 9.85. The third kappa shape index (κ3) is 5.81. The van der Waals surface area contributed by atoms with Gasteiger partial charge in [0.2, 0.25) is 0 Å². The summed E-state index contributed by atoms with van der Waals surface area (Å²) in [7, 11) is 1.84. The topological polar surface area (TPSA) is 109 Å². The van der Waals surface area contributed by atoms with E-state index in [1.54, 1.807) is 31.5 Å². The van der Waals surface area contributed by atoms with Gasteiger partial charge in [0.15, 0.2) is 6.23 Å². The molecule has 132 valence electrons. The lowest BCUT2D eigenvalue weighted by Crippen LogP contribution is -2.55. The smallest absolute Gasteiger partial charge is 0.164 e. The number of aliphatic hydroxyl groups excluding tert-OH is 1. The molecule has 0 saturated heterocycles. The Labute approximate surface area is 144 Å². The summed E-state index contributed by atoms with van der Waals surface area (Å²) in [6.07, 6.45) is 13.8. The van der Waals surface area contributed by atoms with Gasteiger partial charge in [0.05, 0.1) is 5.66 Å². The molecule has 0 aliphatic heterocycles. The zero-order chi connectivity index (χ0) is 18.0. The monoisotopic (exact) mass is 331 g/mol. The molecule has 7 N–H and O–H groups in total. The molecule has 1 rings (SSSR count). The molecule has 2 atom stereocenters. The molecular weight excluding hydrogens is 302 g/mol. The molecule has 0 aromatic carbocycles. The molecule has 0 saturated carbocycles. The number of allylic oxidation sites excluding steroid dienone is 4. The summed E-state index contributed by atoms with van der Waals surface area (Å²) in [5, 5.41) is 15.7. The maximum Gasteiger partial charge on any atom is 0.164 e. The highest BCUT2D eigenvalue weighted by molar-refractivity contribution is 5.53. The molecule has 0 aromatic heterocycles. The molecule has 0 amide bonds. The Kier molecular flexibility index (Phi) is 8.18. The van der Waals surface area contributed by atoms with E-state index in [0.717, 1.165) is 36.2 Å². The second-order valence-electron chi connectivity index (χ2n) is 5.52. The van der Waals surface area contributed by atoms with E-state index in [-0.39, 0.29) is 0 Å². The fourth-order valence-electron chi connectivity index (χ4n) is 2.53. The fraction of sp³-hybridized carbons (Fsp3) is 0.389. The van der Waals surface area contributed by atoms with E-state index in [4.69, 9.17) is 11.5 Å². The average molecular weight is 331 g/mol. The first-order valence-corrected chi connectivity index (χ1v) is 8.03.